The number of para-hydroxylation sites is 1. The van der Waals surface area contributed by atoms with Gasteiger partial charge < -0.3 is 14.9 Å². The van der Waals surface area contributed by atoms with E-state index in [4.69, 9.17) is 4.74 Å². The first-order chi connectivity index (χ1) is 9.17. The highest BCUT2D eigenvalue weighted by Gasteiger charge is 2.52. The van der Waals surface area contributed by atoms with Crippen LogP contribution in [-0.4, -0.2) is 21.8 Å². The molecule has 0 amide bonds. The van der Waals surface area contributed by atoms with Crippen molar-refractivity contribution < 1.29 is 19.7 Å². The van der Waals surface area contributed by atoms with Crippen LogP contribution in [-0.2, 0) is 10.4 Å². The van der Waals surface area contributed by atoms with E-state index in [1.54, 1.807) is 18.2 Å². The molecule has 2 rings (SSSR count). The number of hydrogen-bond acceptors (Lipinski definition) is 3. The van der Waals surface area contributed by atoms with Gasteiger partial charge >= 0.3 is 5.97 Å². The SMILES string of the molecule is CC(C)C(C(=O)O)C1(O)CC(C)(C)Oc2ccccc21. The minimum atomic E-state index is -1.42. The quantitative estimate of drug-likeness (QED) is 0.892. The number of carbonyl (C=O) groups is 1. The Morgan fingerprint density at radius 2 is 1.90 bits per heavy atom. The highest BCUT2D eigenvalue weighted by Crippen LogP contribution is 2.49. The Balaban J connectivity index is 2.61. The summed E-state index contributed by atoms with van der Waals surface area (Å²) in [6.07, 6.45) is 0.256. The second-order valence-electron chi connectivity index (χ2n) is 6.52. The van der Waals surface area contributed by atoms with E-state index in [0.29, 0.717) is 11.3 Å². The summed E-state index contributed by atoms with van der Waals surface area (Å²) in [6, 6.07) is 7.15. The predicted octanol–water partition coefficient (Wildman–Crippen LogP) is 2.79. The molecule has 0 bridgehead atoms. The van der Waals surface area contributed by atoms with Gasteiger partial charge in [0, 0.05) is 12.0 Å². The highest BCUT2D eigenvalue weighted by atomic mass is 16.5. The number of ether oxygens (including phenoxy) is 1. The van der Waals surface area contributed by atoms with E-state index in [0.717, 1.165) is 0 Å². The van der Waals surface area contributed by atoms with Crippen molar-refractivity contribution in [2.24, 2.45) is 11.8 Å². The van der Waals surface area contributed by atoms with Crippen molar-refractivity contribution in [1.29, 1.82) is 0 Å². The van der Waals surface area contributed by atoms with Gasteiger partial charge in [0.05, 0.1) is 5.92 Å². The van der Waals surface area contributed by atoms with Gasteiger partial charge in [-0.15, -0.1) is 0 Å². The fourth-order valence-electron chi connectivity index (χ4n) is 3.31. The number of fused-ring (bicyclic) bond motifs is 1. The normalized spacial score (nSPS) is 25.7. The van der Waals surface area contributed by atoms with Crippen LogP contribution in [0, 0.1) is 11.8 Å². The van der Waals surface area contributed by atoms with Crippen LogP contribution in [0.5, 0.6) is 5.75 Å². The Labute approximate surface area is 119 Å². The molecule has 2 N–H and O–H groups in total. The summed E-state index contributed by atoms with van der Waals surface area (Å²) in [5.74, 6) is -1.46. The van der Waals surface area contributed by atoms with Gasteiger partial charge in [-0.25, -0.2) is 0 Å². The first kappa shape index (κ1) is 14.9. The molecule has 1 aromatic carbocycles. The number of hydrogen-bond donors (Lipinski definition) is 2. The maximum Gasteiger partial charge on any atom is 0.310 e. The van der Waals surface area contributed by atoms with Crippen molar-refractivity contribution in [3.63, 3.8) is 0 Å². The Morgan fingerprint density at radius 3 is 2.45 bits per heavy atom. The zero-order valence-electron chi connectivity index (χ0n) is 12.4. The summed E-state index contributed by atoms with van der Waals surface area (Å²) >= 11 is 0. The highest BCUT2D eigenvalue weighted by molar-refractivity contribution is 5.73. The summed E-state index contributed by atoms with van der Waals surface area (Å²) < 4.78 is 5.87. The Kier molecular flexibility index (Phi) is 3.54. The fourth-order valence-corrected chi connectivity index (χ4v) is 3.31. The molecule has 0 saturated heterocycles. The molecule has 4 nitrogen and oxygen atoms in total. The first-order valence-electron chi connectivity index (χ1n) is 6.91. The lowest BCUT2D eigenvalue weighted by Gasteiger charge is -2.46. The van der Waals surface area contributed by atoms with E-state index < -0.39 is 23.1 Å². The molecule has 0 spiro atoms. The van der Waals surface area contributed by atoms with Crippen molar-refractivity contribution >= 4 is 5.97 Å². The molecule has 1 aliphatic rings. The van der Waals surface area contributed by atoms with E-state index in [1.165, 1.54) is 0 Å². The van der Waals surface area contributed by atoms with Crippen LogP contribution in [0.2, 0.25) is 0 Å². The molecule has 2 unspecified atom stereocenters. The smallest absolute Gasteiger partial charge is 0.310 e. The standard InChI is InChI=1S/C16H22O4/c1-10(2)13(14(17)18)16(19)9-15(3,4)20-12-8-6-5-7-11(12)16/h5-8,10,13,19H,9H2,1-4H3,(H,17,18). The summed E-state index contributed by atoms with van der Waals surface area (Å²) in [5.41, 5.74) is -1.45. The molecule has 1 aromatic rings. The molecule has 4 heteroatoms. The fraction of sp³-hybridized carbons (Fsp3) is 0.562. The van der Waals surface area contributed by atoms with E-state index in [1.807, 2.05) is 33.8 Å². The Bertz CT molecular complexity index is 521. The van der Waals surface area contributed by atoms with Crippen molar-refractivity contribution in [3.05, 3.63) is 29.8 Å². The summed E-state index contributed by atoms with van der Waals surface area (Å²) in [5, 5.41) is 20.8. The second kappa shape index (κ2) is 4.77. The van der Waals surface area contributed by atoms with Crippen LogP contribution >= 0.6 is 0 Å². The molecule has 0 aliphatic carbocycles. The molecular weight excluding hydrogens is 256 g/mol. The van der Waals surface area contributed by atoms with Gasteiger partial charge in [-0.05, 0) is 25.8 Å². The topological polar surface area (TPSA) is 66.8 Å². The van der Waals surface area contributed by atoms with Crippen LogP contribution in [0.25, 0.3) is 0 Å². The zero-order valence-corrected chi connectivity index (χ0v) is 12.4. The summed E-state index contributed by atoms with van der Waals surface area (Å²) in [7, 11) is 0. The maximum atomic E-state index is 11.7. The number of benzene rings is 1. The molecule has 0 saturated carbocycles. The van der Waals surface area contributed by atoms with Crippen LogP contribution in [0.4, 0.5) is 0 Å². The number of carboxylic acid groups (broad SMARTS) is 1. The number of aliphatic hydroxyl groups is 1. The van der Waals surface area contributed by atoms with Crippen LogP contribution < -0.4 is 4.74 Å². The van der Waals surface area contributed by atoms with Gasteiger partial charge in [0.25, 0.3) is 0 Å². The lowest BCUT2D eigenvalue weighted by atomic mass is 9.69. The van der Waals surface area contributed by atoms with Crippen molar-refractivity contribution in [1.82, 2.24) is 0 Å². The second-order valence-corrected chi connectivity index (χ2v) is 6.52. The van der Waals surface area contributed by atoms with Gasteiger partial charge in [-0.3, -0.25) is 4.79 Å². The Morgan fingerprint density at radius 1 is 1.30 bits per heavy atom. The van der Waals surface area contributed by atoms with Crippen LogP contribution in [0.3, 0.4) is 0 Å². The molecule has 2 atom stereocenters. The van der Waals surface area contributed by atoms with Crippen molar-refractivity contribution in [2.75, 3.05) is 0 Å². The van der Waals surface area contributed by atoms with Gasteiger partial charge in [0.2, 0.25) is 0 Å². The molecule has 0 fully saturated rings. The summed E-state index contributed by atoms with van der Waals surface area (Å²) in [6.45, 7) is 7.38. The zero-order chi connectivity index (χ0) is 15.1. The van der Waals surface area contributed by atoms with E-state index in [-0.39, 0.29) is 12.3 Å². The van der Waals surface area contributed by atoms with Gasteiger partial charge in [-0.1, -0.05) is 32.0 Å². The van der Waals surface area contributed by atoms with E-state index in [9.17, 15) is 15.0 Å². The minimum Gasteiger partial charge on any atom is -0.487 e. The van der Waals surface area contributed by atoms with Crippen molar-refractivity contribution in [2.45, 2.75) is 45.3 Å². The van der Waals surface area contributed by atoms with Gasteiger partial charge in [0.15, 0.2) is 0 Å². The first-order valence-corrected chi connectivity index (χ1v) is 6.91. The number of rotatable bonds is 3. The maximum absolute atomic E-state index is 11.7. The van der Waals surface area contributed by atoms with Gasteiger partial charge in [-0.2, -0.15) is 0 Å². The average molecular weight is 278 g/mol. The monoisotopic (exact) mass is 278 g/mol. The molecule has 1 heterocycles. The summed E-state index contributed by atoms with van der Waals surface area (Å²) in [4.78, 5) is 11.7. The molecule has 110 valence electrons. The third-order valence-electron chi connectivity index (χ3n) is 3.88. The molecule has 1 aliphatic heterocycles. The average Bonchev–Trinajstić information content (AvgIpc) is 2.25. The van der Waals surface area contributed by atoms with Crippen LogP contribution in [0.15, 0.2) is 24.3 Å². The lowest BCUT2D eigenvalue weighted by Crippen LogP contribution is -2.51. The lowest BCUT2D eigenvalue weighted by molar-refractivity contribution is -0.165. The third kappa shape index (κ3) is 2.40. The van der Waals surface area contributed by atoms with E-state index >= 15 is 0 Å². The van der Waals surface area contributed by atoms with Gasteiger partial charge in [0.1, 0.15) is 17.0 Å². The number of aliphatic carboxylic acids is 1. The Hall–Kier alpha value is -1.55. The third-order valence-corrected chi connectivity index (χ3v) is 3.88. The molecule has 0 radical (unpaired) electrons. The molecule has 0 aromatic heterocycles. The largest absolute Gasteiger partial charge is 0.487 e. The minimum absolute atomic E-state index is 0.181. The molecular formula is C16H22O4. The van der Waals surface area contributed by atoms with Crippen LogP contribution in [0.1, 0.15) is 39.7 Å². The number of carboxylic acids is 1. The van der Waals surface area contributed by atoms with E-state index in [2.05, 4.69) is 0 Å². The predicted molar refractivity (Wildman–Crippen MR) is 75.6 cm³/mol. The van der Waals surface area contributed by atoms with Crippen molar-refractivity contribution in [3.8, 4) is 5.75 Å². The molecule has 20 heavy (non-hydrogen) atoms.